The fraction of sp³-hybridized carbons (Fsp3) is 0.105. The number of carbonyl (C=O) groups is 2. The molecule has 0 aliphatic rings. The molecule has 27 heavy (non-hydrogen) atoms. The summed E-state index contributed by atoms with van der Waals surface area (Å²) in [7, 11) is 3.09. The summed E-state index contributed by atoms with van der Waals surface area (Å²) in [6, 6.07) is 11.8. The lowest BCUT2D eigenvalue weighted by Gasteiger charge is -2.07. The quantitative estimate of drug-likeness (QED) is 0.299. The van der Waals surface area contributed by atoms with Crippen LogP contribution >= 0.6 is 0 Å². The molecule has 0 spiro atoms. The molecule has 0 radical (unpaired) electrons. The van der Waals surface area contributed by atoms with Gasteiger partial charge in [-0.15, -0.1) is 0 Å². The van der Waals surface area contributed by atoms with Crippen molar-refractivity contribution < 1.29 is 24.3 Å². The number of hydrogen-bond donors (Lipinski definition) is 3. The molecule has 0 unspecified atom stereocenters. The second-order valence-electron chi connectivity index (χ2n) is 5.24. The molecular weight excluding hydrogens is 350 g/mol. The largest absolute Gasteiger partial charge is 0.497 e. The van der Waals surface area contributed by atoms with E-state index < -0.39 is 11.8 Å². The van der Waals surface area contributed by atoms with E-state index in [1.165, 1.54) is 24.9 Å². The summed E-state index contributed by atoms with van der Waals surface area (Å²) in [5.74, 6) is 0.123. The van der Waals surface area contributed by atoms with Crippen LogP contribution in [0.5, 0.6) is 11.5 Å². The predicted molar refractivity (Wildman–Crippen MR) is 100 cm³/mol. The fourth-order valence-corrected chi connectivity index (χ4v) is 2.14. The molecule has 2 rings (SSSR count). The Labute approximate surface area is 156 Å². The third kappa shape index (κ3) is 5.68. The molecule has 0 aliphatic carbocycles. The highest BCUT2D eigenvalue weighted by molar-refractivity contribution is 5.96. The Bertz CT molecular complexity index is 877. The molecule has 0 fully saturated rings. The Kier molecular flexibility index (Phi) is 7.09. The van der Waals surface area contributed by atoms with E-state index in [0.29, 0.717) is 28.2 Å². The third-order valence-corrected chi connectivity index (χ3v) is 3.50. The van der Waals surface area contributed by atoms with E-state index in [1.807, 2.05) is 0 Å². The van der Waals surface area contributed by atoms with Crippen molar-refractivity contribution in [1.29, 1.82) is 0 Å². The van der Waals surface area contributed by atoms with Crippen LogP contribution in [0.4, 0.5) is 0 Å². The van der Waals surface area contributed by atoms with Crippen LogP contribution in [0.3, 0.4) is 0 Å². The number of methoxy groups -OCH3 is 2. The van der Waals surface area contributed by atoms with Gasteiger partial charge in [0.15, 0.2) is 0 Å². The molecule has 140 valence electrons. The van der Waals surface area contributed by atoms with Crippen LogP contribution in [0, 0.1) is 0 Å². The molecule has 0 saturated heterocycles. The average molecular weight is 369 g/mol. The summed E-state index contributed by atoms with van der Waals surface area (Å²) in [6.07, 6.45) is 4.07. The number of benzene rings is 2. The van der Waals surface area contributed by atoms with Crippen molar-refractivity contribution in [3.8, 4) is 11.5 Å². The van der Waals surface area contributed by atoms with Gasteiger partial charge in [-0.1, -0.05) is 12.1 Å². The summed E-state index contributed by atoms with van der Waals surface area (Å²) in [5.41, 5.74) is 5.57. The number of hydroxylamine groups is 1. The lowest BCUT2D eigenvalue weighted by atomic mass is 10.1. The van der Waals surface area contributed by atoms with E-state index in [0.717, 1.165) is 6.08 Å². The first-order valence-electron chi connectivity index (χ1n) is 7.85. The molecule has 0 aromatic heterocycles. The Morgan fingerprint density at radius 3 is 2.63 bits per heavy atom. The molecule has 0 bridgehead atoms. The number of hydrogen-bond acceptors (Lipinski definition) is 6. The maximum Gasteiger partial charge on any atom is 0.271 e. The second-order valence-corrected chi connectivity index (χ2v) is 5.24. The molecule has 2 aromatic carbocycles. The van der Waals surface area contributed by atoms with Crippen LogP contribution in [0.1, 0.15) is 21.5 Å². The first kappa shape index (κ1) is 19.7. The van der Waals surface area contributed by atoms with Crippen LogP contribution < -0.4 is 20.4 Å². The van der Waals surface area contributed by atoms with Gasteiger partial charge >= 0.3 is 0 Å². The standard InChI is InChI=1S/C19H19N3O5/c1-26-16-8-7-15(17(11-16)27-2)12-20-21-19(24)14-5-3-4-13(10-14)6-9-18(23)22-25/h3-12,25H,1-2H3,(H,21,24)(H,22,23)/b9-6+,20-12+. The Morgan fingerprint density at radius 2 is 1.93 bits per heavy atom. The van der Waals surface area contributed by atoms with Gasteiger partial charge in [0, 0.05) is 23.3 Å². The van der Waals surface area contributed by atoms with E-state index in [9.17, 15) is 9.59 Å². The van der Waals surface area contributed by atoms with Gasteiger partial charge in [0.2, 0.25) is 0 Å². The van der Waals surface area contributed by atoms with Crippen molar-refractivity contribution in [3.05, 3.63) is 65.2 Å². The van der Waals surface area contributed by atoms with Crippen molar-refractivity contribution >= 4 is 24.1 Å². The number of rotatable bonds is 7. The molecule has 2 amide bonds. The molecule has 3 N–H and O–H groups in total. The normalized spacial score (nSPS) is 10.8. The van der Waals surface area contributed by atoms with Crippen molar-refractivity contribution in [2.24, 2.45) is 5.10 Å². The molecule has 0 saturated carbocycles. The minimum Gasteiger partial charge on any atom is -0.497 e. The number of hydrazone groups is 1. The summed E-state index contributed by atoms with van der Waals surface area (Å²) in [4.78, 5) is 23.2. The van der Waals surface area contributed by atoms with Gasteiger partial charge in [0.25, 0.3) is 11.8 Å². The highest BCUT2D eigenvalue weighted by Gasteiger charge is 2.06. The molecular formula is C19H19N3O5. The first-order valence-corrected chi connectivity index (χ1v) is 7.85. The summed E-state index contributed by atoms with van der Waals surface area (Å²) in [6.45, 7) is 0. The van der Waals surface area contributed by atoms with Gasteiger partial charge in [-0.3, -0.25) is 14.8 Å². The van der Waals surface area contributed by atoms with Gasteiger partial charge in [-0.05, 0) is 35.9 Å². The van der Waals surface area contributed by atoms with Crippen molar-refractivity contribution in [2.75, 3.05) is 14.2 Å². The van der Waals surface area contributed by atoms with Gasteiger partial charge in [-0.2, -0.15) is 5.10 Å². The lowest BCUT2D eigenvalue weighted by molar-refractivity contribution is -0.124. The minimum atomic E-state index is -0.664. The molecule has 0 heterocycles. The van der Waals surface area contributed by atoms with E-state index in [2.05, 4.69) is 10.5 Å². The number of ether oxygens (including phenoxy) is 2. The molecule has 8 heteroatoms. The molecule has 2 aromatic rings. The molecule has 8 nitrogen and oxygen atoms in total. The van der Waals surface area contributed by atoms with Gasteiger partial charge in [0.1, 0.15) is 11.5 Å². The van der Waals surface area contributed by atoms with E-state index in [1.54, 1.807) is 49.6 Å². The summed E-state index contributed by atoms with van der Waals surface area (Å²) >= 11 is 0. The van der Waals surface area contributed by atoms with E-state index in [-0.39, 0.29) is 0 Å². The topological polar surface area (TPSA) is 109 Å². The predicted octanol–water partition coefficient (Wildman–Crippen LogP) is 1.99. The monoisotopic (exact) mass is 369 g/mol. The smallest absolute Gasteiger partial charge is 0.271 e. The Hall–Kier alpha value is -3.65. The van der Waals surface area contributed by atoms with Crippen LogP contribution in [0.25, 0.3) is 6.08 Å². The van der Waals surface area contributed by atoms with Gasteiger partial charge in [0.05, 0.1) is 20.4 Å². The third-order valence-electron chi connectivity index (χ3n) is 3.50. The van der Waals surface area contributed by atoms with E-state index >= 15 is 0 Å². The summed E-state index contributed by atoms with van der Waals surface area (Å²) < 4.78 is 10.4. The average Bonchev–Trinajstić information content (AvgIpc) is 2.72. The number of nitrogens with one attached hydrogen (secondary N) is 2. The number of nitrogens with zero attached hydrogens (tertiary/aromatic N) is 1. The van der Waals surface area contributed by atoms with Crippen LogP contribution in [0.15, 0.2) is 53.6 Å². The Morgan fingerprint density at radius 1 is 1.11 bits per heavy atom. The SMILES string of the molecule is COc1ccc(/C=N/NC(=O)c2cccc(/C=C/C(=O)NO)c2)c(OC)c1. The maximum absolute atomic E-state index is 12.2. The molecule has 0 atom stereocenters. The highest BCUT2D eigenvalue weighted by atomic mass is 16.5. The van der Waals surface area contributed by atoms with Crippen molar-refractivity contribution in [1.82, 2.24) is 10.9 Å². The van der Waals surface area contributed by atoms with Gasteiger partial charge in [-0.25, -0.2) is 10.9 Å². The highest BCUT2D eigenvalue weighted by Crippen LogP contribution is 2.23. The molecule has 0 aliphatic heterocycles. The minimum absolute atomic E-state index is 0.361. The van der Waals surface area contributed by atoms with Crippen molar-refractivity contribution in [2.45, 2.75) is 0 Å². The van der Waals surface area contributed by atoms with E-state index in [4.69, 9.17) is 14.7 Å². The number of carbonyl (C=O) groups excluding carboxylic acids is 2. The Balaban J connectivity index is 2.06. The zero-order valence-electron chi connectivity index (χ0n) is 14.8. The zero-order valence-corrected chi connectivity index (χ0v) is 14.8. The van der Waals surface area contributed by atoms with Crippen molar-refractivity contribution in [3.63, 3.8) is 0 Å². The van der Waals surface area contributed by atoms with Crippen LogP contribution in [0.2, 0.25) is 0 Å². The lowest BCUT2D eigenvalue weighted by Crippen LogP contribution is -2.17. The maximum atomic E-state index is 12.2. The van der Waals surface area contributed by atoms with Crippen LogP contribution in [-0.2, 0) is 4.79 Å². The first-order chi connectivity index (χ1) is 13.1. The van der Waals surface area contributed by atoms with Gasteiger partial charge < -0.3 is 9.47 Å². The van der Waals surface area contributed by atoms with Crippen LogP contribution in [-0.4, -0.2) is 37.5 Å². The fourth-order valence-electron chi connectivity index (χ4n) is 2.14. The summed E-state index contributed by atoms with van der Waals surface area (Å²) in [5, 5.41) is 12.4. The zero-order chi connectivity index (χ0) is 19.6. The second kappa shape index (κ2) is 9.73. The number of amides is 2.